The van der Waals surface area contributed by atoms with E-state index in [2.05, 4.69) is 20.6 Å². The number of nitrogens with one attached hydrogen (secondary N) is 2. The molecule has 0 spiro atoms. The molecule has 2 heterocycles. The number of H-pyrrole nitrogens is 1. The highest BCUT2D eigenvalue weighted by atomic mass is 15.2. The van der Waals surface area contributed by atoms with Crippen LogP contribution in [-0.2, 0) is 13.6 Å². The number of aryl methyl sites for hydroxylation is 1. The van der Waals surface area contributed by atoms with Crippen molar-refractivity contribution in [3.8, 4) is 0 Å². The Morgan fingerprint density at radius 3 is 3.12 bits per heavy atom. The fourth-order valence-corrected chi connectivity index (χ4v) is 1.88. The van der Waals surface area contributed by atoms with E-state index in [4.69, 9.17) is 0 Å². The summed E-state index contributed by atoms with van der Waals surface area (Å²) < 4.78 is 1.80. The molecule has 0 saturated carbocycles. The van der Waals surface area contributed by atoms with E-state index in [1.165, 1.54) is 0 Å². The lowest BCUT2D eigenvalue weighted by Gasteiger charge is -2.05. The van der Waals surface area contributed by atoms with Crippen LogP contribution in [0.3, 0.4) is 0 Å². The van der Waals surface area contributed by atoms with Gasteiger partial charge in [0.1, 0.15) is 0 Å². The van der Waals surface area contributed by atoms with Crippen LogP contribution >= 0.6 is 0 Å². The standard InChI is InChI=1S/C12H13N5/c1-17-8-9(6-15-17)5-13-11-4-2-3-10-7-14-16-12(10)11/h2-4,6-8,13H,5H2,1H3,(H,14,16). The molecule has 0 aliphatic carbocycles. The summed E-state index contributed by atoms with van der Waals surface area (Å²) >= 11 is 0. The molecule has 0 aliphatic rings. The molecule has 2 aromatic heterocycles. The zero-order valence-corrected chi connectivity index (χ0v) is 9.51. The largest absolute Gasteiger partial charge is 0.379 e. The molecule has 3 aromatic rings. The summed E-state index contributed by atoms with van der Waals surface area (Å²) in [6.45, 7) is 0.756. The second-order valence-corrected chi connectivity index (χ2v) is 4.02. The Balaban J connectivity index is 1.83. The summed E-state index contributed by atoms with van der Waals surface area (Å²) in [6.07, 6.45) is 5.69. The molecule has 2 N–H and O–H groups in total. The van der Waals surface area contributed by atoms with E-state index in [0.29, 0.717) is 0 Å². The molecule has 1 aromatic carbocycles. The number of anilines is 1. The van der Waals surface area contributed by atoms with Crippen LogP contribution in [0.25, 0.3) is 10.9 Å². The van der Waals surface area contributed by atoms with Gasteiger partial charge >= 0.3 is 0 Å². The van der Waals surface area contributed by atoms with Crippen molar-refractivity contribution in [3.63, 3.8) is 0 Å². The van der Waals surface area contributed by atoms with E-state index in [-0.39, 0.29) is 0 Å². The molecule has 0 radical (unpaired) electrons. The van der Waals surface area contributed by atoms with E-state index in [1.54, 1.807) is 4.68 Å². The van der Waals surface area contributed by atoms with Crippen LogP contribution in [0.1, 0.15) is 5.56 Å². The van der Waals surface area contributed by atoms with Crippen LogP contribution in [0.15, 0.2) is 36.8 Å². The minimum atomic E-state index is 0.756. The van der Waals surface area contributed by atoms with Crippen LogP contribution in [0.4, 0.5) is 5.69 Å². The number of hydrogen-bond donors (Lipinski definition) is 2. The van der Waals surface area contributed by atoms with E-state index in [0.717, 1.165) is 28.7 Å². The minimum absolute atomic E-state index is 0.756. The Kier molecular flexibility index (Phi) is 2.29. The number of aromatic nitrogens is 4. The van der Waals surface area contributed by atoms with Crippen LogP contribution in [-0.4, -0.2) is 20.0 Å². The lowest BCUT2D eigenvalue weighted by molar-refractivity contribution is 0.767. The average molecular weight is 227 g/mol. The molecule has 0 saturated heterocycles. The number of hydrogen-bond acceptors (Lipinski definition) is 3. The summed E-state index contributed by atoms with van der Waals surface area (Å²) in [4.78, 5) is 0. The van der Waals surface area contributed by atoms with Crippen molar-refractivity contribution >= 4 is 16.6 Å². The van der Waals surface area contributed by atoms with Crippen molar-refractivity contribution in [3.05, 3.63) is 42.4 Å². The monoisotopic (exact) mass is 227 g/mol. The van der Waals surface area contributed by atoms with E-state index < -0.39 is 0 Å². The SMILES string of the molecule is Cn1cc(CNc2cccc3cn[nH]c23)cn1. The van der Waals surface area contributed by atoms with E-state index >= 15 is 0 Å². The zero-order valence-electron chi connectivity index (χ0n) is 9.51. The Bertz CT molecular complexity index is 637. The maximum absolute atomic E-state index is 4.14. The zero-order chi connectivity index (χ0) is 11.7. The molecule has 0 bridgehead atoms. The van der Waals surface area contributed by atoms with Gasteiger partial charge in [-0.15, -0.1) is 0 Å². The number of para-hydroxylation sites is 1. The van der Waals surface area contributed by atoms with Crippen LogP contribution < -0.4 is 5.32 Å². The smallest absolute Gasteiger partial charge is 0.0881 e. The highest BCUT2D eigenvalue weighted by molar-refractivity contribution is 5.89. The predicted octanol–water partition coefficient (Wildman–Crippen LogP) is 1.91. The van der Waals surface area contributed by atoms with Gasteiger partial charge in [-0.2, -0.15) is 10.2 Å². The number of nitrogens with zero attached hydrogens (tertiary/aromatic N) is 3. The summed E-state index contributed by atoms with van der Waals surface area (Å²) in [6, 6.07) is 6.09. The quantitative estimate of drug-likeness (QED) is 0.718. The van der Waals surface area contributed by atoms with Gasteiger partial charge in [-0.3, -0.25) is 9.78 Å². The first-order valence-corrected chi connectivity index (χ1v) is 5.46. The van der Waals surface area contributed by atoms with Crippen molar-refractivity contribution in [1.29, 1.82) is 0 Å². The molecule has 0 unspecified atom stereocenters. The first-order chi connectivity index (χ1) is 8.33. The number of aromatic amines is 1. The van der Waals surface area contributed by atoms with Gasteiger partial charge in [0.15, 0.2) is 0 Å². The van der Waals surface area contributed by atoms with Crippen LogP contribution in [0.2, 0.25) is 0 Å². The average Bonchev–Trinajstić information content (AvgIpc) is 2.94. The van der Waals surface area contributed by atoms with Crippen molar-refractivity contribution in [2.45, 2.75) is 6.54 Å². The molecule has 17 heavy (non-hydrogen) atoms. The molecule has 0 atom stereocenters. The normalized spacial score (nSPS) is 10.9. The van der Waals surface area contributed by atoms with Gasteiger partial charge in [-0.25, -0.2) is 0 Å². The molecule has 3 rings (SSSR count). The molecular formula is C12H13N5. The fraction of sp³-hybridized carbons (Fsp3) is 0.167. The molecule has 86 valence electrons. The Labute approximate surface area is 98.5 Å². The van der Waals surface area contributed by atoms with E-state index in [9.17, 15) is 0 Å². The maximum atomic E-state index is 4.14. The number of rotatable bonds is 3. The van der Waals surface area contributed by atoms with Gasteiger partial charge in [0.25, 0.3) is 0 Å². The van der Waals surface area contributed by atoms with Crippen molar-refractivity contribution in [2.75, 3.05) is 5.32 Å². The molecule has 5 nitrogen and oxygen atoms in total. The van der Waals surface area contributed by atoms with Crippen molar-refractivity contribution in [2.24, 2.45) is 7.05 Å². The Morgan fingerprint density at radius 2 is 2.29 bits per heavy atom. The fourth-order valence-electron chi connectivity index (χ4n) is 1.88. The summed E-state index contributed by atoms with van der Waals surface area (Å²) in [7, 11) is 1.92. The van der Waals surface area contributed by atoms with Gasteiger partial charge in [0.2, 0.25) is 0 Å². The predicted molar refractivity (Wildman–Crippen MR) is 66.6 cm³/mol. The Morgan fingerprint density at radius 1 is 1.35 bits per heavy atom. The van der Waals surface area contributed by atoms with Crippen LogP contribution in [0.5, 0.6) is 0 Å². The summed E-state index contributed by atoms with van der Waals surface area (Å²) in [5, 5.41) is 15.7. The third kappa shape index (κ3) is 1.87. The highest BCUT2D eigenvalue weighted by Gasteiger charge is 2.02. The molecule has 0 aliphatic heterocycles. The molecule has 5 heteroatoms. The van der Waals surface area contributed by atoms with Gasteiger partial charge in [0, 0.05) is 30.7 Å². The van der Waals surface area contributed by atoms with Gasteiger partial charge in [-0.05, 0) is 6.07 Å². The first-order valence-electron chi connectivity index (χ1n) is 5.46. The third-order valence-electron chi connectivity index (χ3n) is 2.72. The number of benzene rings is 1. The van der Waals surface area contributed by atoms with Crippen LogP contribution in [0, 0.1) is 0 Å². The lowest BCUT2D eigenvalue weighted by Crippen LogP contribution is -1.99. The Hall–Kier alpha value is -2.30. The lowest BCUT2D eigenvalue weighted by atomic mass is 10.2. The van der Waals surface area contributed by atoms with Gasteiger partial charge in [0.05, 0.1) is 23.6 Å². The van der Waals surface area contributed by atoms with Gasteiger partial charge < -0.3 is 5.32 Å². The topological polar surface area (TPSA) is 58.5 Å². The molecule has 0 fully saturated rings. The number of fused-ring (bicyclic) bond motifs is 1. The van der Waals surface area contributed by atoms with Crippen molar-refractivity contribution < 1.29 is 0 Å². The second kappa shape index (κ2) is 3.93. The third-order valence-corrected chi connectivity index (χ3v) is 2.72. The second-order valence-electron chi connectivity index (χ2n) is 4.02. The minimum Gasteiger partial charge on any atom is -0.379 e. The molecule has 0 amide bonds. The summed E-state index contributed by atoms with van der Waals surface area (Å²) in [5.41, 5.74) is 3.25. The first kappa shape index (κ1) is 9.89. The van der Waals surface area contributed by atoms with Gasteiger partial charge in [-0.1, -0.05) is 12.1 Å². The highest BCUT2D eigenvalue weighted by Crippen LogP contribution is 2.20. The maximum Gasteiger partial charge on any atom is 0.0881 e. The molecular weight excluding hydrogens is 214 g/mol. The summed E-state index contributed by atoms with van der Waals surface area (Å²) in [5.74, 6) is 0. The van der Waals surface area contributed by atoms with Crippen molar-refractivity contribution in [1.82, 2.24) is 20.0 Å². The van der Waals surface area contributed by atoms with E-state index in [1.807, 2.05) is 43.8 Å².